The molecule has 4 aromatic rings. The Morgan fingerprint density at radius 1 is 1.11 bits per heavy atom. The van der Waals surface area contributed by atoms with Gasteiger partial charge in [0, 0.05) is 12.3 Å². The Hall–Kier alpha value is -3.12. The molecule has 0 amide bonds. The number of hydrogen-bond acceptors (Lipinski definition) is 5. The van der Waals surface area contributed by atoms with Gasteiger partial charge in [0.15, 0.2) is 5.58 Å². The Morgan fingerprint density at radius 3 is 2.71 bits per heavy atom. The molecule has 0 aliphatic heterocycles. The molecule has 1 N–H and O–H groups in total. The van der Waals surface area contributed by atoms with E-state index in [0.29, 0.717) is 22.7 Å². The third-order valence-electron chi connectivity index (χ3n) is 4.29. The van der Waals surface area contributed by atoms with Gasteiger partial charge in [0.25, 0.3) is 0 Å². The molecule has 1 aromatic heterocycles. The number of nitrogens with zero attached hydrogens (tertiary/aromatic N) is 2. The minimum Gasteiger partial charge on any atom is -0.507 e. The first kappa shape index (κ1) is 18.3. The normalized spacial score (nSPS) is 11.4. The van der Waals surface area contributed by atoms with E-state index >= 15 is 0 Å². The summed E-state index contributed by atoms with van der Waals surface area (Å²) >= 11 is 3.46. The molecule has 140 valence electrons. The van der Waals surface area contributed by atoms with E-state index in [-0.39, 0.29) is 5.75 Å². The highest BCUT2D eigenvalue weighted by Gasteiger charge is 2.12. The number of rotatable bonds is 4. The number of hydrogen-bond donors (Lipinski definition) is 1. The number of aliphatic imine (C=N–C) groups is 1. The first-order chi connectivity index (χ1) is 13.5. The molecule has 0 saturated heterocycles. The van der Waals surface area contributed by atoms with Gasteiger partial charge in [-0.2, -0.15) is 0 Å². The number of halogens is 1. The zero-order chi connectivity index (χ0) is 19.7. The van der Waals surface area contributed by atoms with E-state index in [9.17, 15) is 5.11 Å². The van der Waals surface area contributed by atoms with Crippen LogP contribution in [0.1, 0.15) is 11.1 Å². The van der Waals surface area contributed by atoms with Crippen LogP contribution in [0.2, 0.25) is 0 Å². The lowest BCUT2D eigenvalue weighted by Gasteiger charge is -2.04. The highest BCUT2D eigenvalue weighted by molar-refractivity contribution is 9.10. The number of fused-ring (bicyclic) bond motifs is 1. The van der Waals surface area contributed by atoms with Crippen molar-refractivity contribution in [2.24, 2.45) is 4.99 Å². The first-order valence-corrected chi connectivity index (χ1v) is 9.41. The zero-order valence-electron chi connectivity index (χ0n) is 15.3. The molecule has 0 spiro atoms. The van der Waals surface area contributed by atoms with Crippen LogP contribution < -0.4 is 4.74 Å². The molecule has 0 aliphatic carbocycles. The molecule has 0 fully saturated rings. The number of benzene rings is 3. The standard InChI is InChI=1S/C22H17BrN2O3/c1-13-3-7-21-18(9-13)25-22(28-21)16-6-5-15(11-19(16)26)24-12-14-4-8-20(27-2)17(23)10-14/h3-12,26H,1-2H3. The highest BCUT2D eigenvalue weighted by atomic mass is 79.9. The van der Waals surface area contributed by atoms with Gasteiger partial charge in [-0.3, -0.25) is 4.99 Å². The summed E-state index contributed by atoms with van der Waals surface area (Å²) in [4.78, 5) is 8.90. The third-order valence-corrected chi connectivity index (χ3v) is 4.91. The van der Waals surface area contributed by atoms with Crippen LogP contribution in [0, 0.1) is 6.92 Å². The van der Waals surface area contributed by atoms with Crippen LogP contribution in [0.15, 0.2) is 68.5 Å². The number of aromatic hydroxyl groups is 1. The largest absolute Gasteiger partial charge is 0.507 e. The van der Waals surface area contributed by atoms with Crippen molar-refractivity contribution < 1.29 is 14.3 Å². The van der Waals surface area contributed by atoms with Gasteiger partial charge in [-0.1, -0.05) is 6.07 Å². The molecule has 0 radical (unpaired) electrons. The Labute approximate surface area is 170 Å². The predicted molar refractivity (Wildman–Crippen MR) is 114 cm³/mol. The van der Waals surface area contributed by atoms with Crippen molar-refractivity contribution in [3.63, 3.8) is 0 Å². The summed E-state index contributed by atoms with van der Waals surface area (Å²) < 4.78 is 11.8. The molecule has 5 nitrogen and oxygen atoms in total. The van der Waals surface area contributed by atoms with Gasteiger partial charge in [0.2, 0.25) is 5.89 Å². The Morgan fingerprint density at radius 2 is 1.96 bits per heavy atom. The van der Waals surface area contributed by atoms with Crippen molar-refractivity contribution in [2.45, 2.75) is 6.92 Å². The van der Waals surface area contributed by atoms with Gasteiger partial charge in [0.05, 0.1) is 22.8 Å². The maximum absolute atomic E-state index is 10.4. The number of aromatic nitrogens is 1. The van der Waals surface area contributed by atoms with Crippen LogP contribution in [0.4, 0.5) is 5.69 Å². The maximum Gasteiger partial charge on any atom is 0.231 e. The van der Waals surface area contributed by atoms with Gasteiger partial charge >= 0.3 is 0 Å². The van der Waals surface area contributed by atoms with Gasteiger partial charge in [0.1, 0.15) is 17.0 Å². The van der Waals surface area contributed by atoms with E-state index < -0.39 is 0 Å². The summed E-state index contributed by atoms with van der Waals surface area (Å²) in [5, 5.41) is 10.4. The monoisotopic (exact) mass is 436 g/mol. The summed E-state index contributed by atoms with van der Waals surface area (Å²) in [6.45, 7) is 2.00. The van der Waals surface area contributed by atoms with Crippen molar-refractivity contribution in [3.05, 3.63) is 70.2 Å². The Bertz CT molecular complexity index is 1200. The molecule has 28 heavy (non-hydrogen) atoms. The average Bonchev–Trinajstić information content (AvgIpc) is 3.09. The van der Waals surface area contributed by atoms with Crippen molar-refractivity contribution in [1.29, 1.82) is 0 Å². The minimum atomic E-state index is 0.0637. The quantitative estimate of drug-likeness (QED) is 0.396. The summed E-state index contributed by atoms with van der Waals surface area (Å²) in [7, 11) is 1.62. The van der Waals surface area contributed by atoms with Crippen molar-refractivity contribution in [1.82, 2.24) is 4.98 Å². The molecule has 3 aromatic carbocycles. The van der Waals surface area contributed by atoms with Gasteiger partial charge in [-0.15, -0.1) is 0 Å². The number of oxazole rings is 1. The Kier molecular flexibility index (Phi) is 4.88. The topological polar surface area (TPSA) is 67.9 Å². The predicted octanol–water partition coefficient (Wildman–Crippen LogP) is 6.03. The van der Waals surface area contributed by atoms with E-state index in [0.717, 1.165) is 26.9 Å². The van der Waals surface area contributed by atoms with Crippen LogP contribution in [-0.2, 0) is 0 Å². The molecule has 0 aliphatic rings. The number of ether oxygens (including phenoxy) is 1. The minimum absolute atomic E-state index is 0.0637. The molecule has 0 bridgehead atoms. The SMILES string of the molecule is COc1ccc(C=Nc2ccc(-c3nc4cc(C)ccc4o3)c(O)c2)cc1Br. The van der Waals surface area contributed by atoms with Gasteiger partial charge in [-0.25, -0.2) is 4.98 Å². The second kappa shape index (κ2) is 7.48. The molecule has 0 unspecified atom stereocenters. The summed E-state index contributed by atoms with van der Waals surface area (Å²) in [6, 6.07) is 16.6. The van der Waals surface area contributed by atoms with Crippen LogP contribution >= 0.6 is 15.9 Å². The summed E-state index contributed by atoms with van der Waals surface area (Å²) in [5.74, 6) is 1.20. The van der Waals surface area contributed by atoms with E-state index in [4.69, 9.17) is 9.15 Å². The smallest absolute Gasteiger partial charge is 0.231 e. The summed E-state index contributed by atoms with van der Waals surface area (Å²) in [6.07, 6.45) is 1.72. The molecular formula is C22H17BrN2O3. The van der Waals surface area contributed by atoms with Crippen LogP contribution in [-0.4, -0.2) is 23.4 Å². The molecule has 6 heteroatoms. The van der Waals surface area contributed by atoms with Crippen LogP contribution in [0.5, 0.6) is 11.5 Å². The number of methoxy groups -OCH3 is 1. The fraction of sp³-hybridized carbons (Fsp3) is 0.0909. The van der Waals surface area contributed by atoms with Crippen molar-refractivity contribution in [3.8, 4) is 23.0 Å². The van der Waals surface area contributed by atoms with Crippen molar-refractivity contribution >= 4 is 38.9 Å². The van der Waals surface area contributed by atoms with Crippen molar-refractivity contribution in [2.75, 3.05) is 7.11 Å². The number of phenols is 1. The number of phenolic OH excluding ortho intramolecular Hbond substituents is 1. The van der Waals surface area contributed by atoms with E-state index in [1.54, 1.807) is 25.5 Å². The van der Waals surface area contributed by atoms with E-state index in [1.165, 1.54) is 0 Å². The molecule has 4 rings (SSSR count). The molecule has 0 atom stereocenters. The first-order valence-electron chi connectivity index (χ1n) is 8.62. The molecular weight excluding hydrogens is 420 g/mol. The number of aryl methyl sites for hydroxylation is 1. The lowest BCUT2D eigenvalue weighted by Crippen LogP contribution is -1.87. The second-order valence-corrected chi connectivity index (χ2v) is 7.20. The van der Waals surface area contributed by atoms with Crippen LogP contribution in [0.3, 0.4) is 0 Å². The lowest BCUT2D eigenvalue weighted by molar-refractivity contribution is 0.412. The summed E-state index contributed by atoms with van der Waals surface area (Å²) in [5.41, 5.74) is 4.62. The Balaban J connectivity index is 1.61. The second-order valence-electron chi connectivity index (χ2n) is 6.34. The lowest BCUT2D eigenvalue weighted by atomic mass is 10.2. The van der Waals surface area contributed by atoms with E-state index in [2.05, 4.69) is 25.9 Å². The molecule has 1 heterocycles. The fourth-order valence-corrected chi connectivity index (χ4v) is 3.40. The van der Waals surface area contributed by atoms with Gasteiger partial charge < -0.3 is 14.3 Å². The highest BCUT2D eigenvalue weighted by Crippen LogP contribution is 2.34. The van der Waals surface area contributed by atoms with Crippen LogP contribution in [0.25, 0.3) is 22.6 Å². The maximum atomic E-state index is 10.4. The van der Waals surface area contributed by atoms with E-state index in [1.807, 2.05) is 49.4 Å². The average molecular weight is 437 g/mol. The fourth-order valence-electron chi connectivity index (χ4n) is 2.85. The zero-order valence-corrected chi connectivity index (χ0v) is 16.9. The van der Waals surface area contributed by atoms with Gasteiger partial charge in [-0.05, 0) is 76.4 Å². The molecule has 0 saturated carbocycles. The third kappa shape index (κ3) is 3.64.